The van der Waals surface area contributed by atoms with Gasteiger partial charge in [-0.05, 0) is 11.4 Å². The first-order chi connectivity index (χ1) is 6.17. The SMILES string of the molecule is CC(C)(CNCCF)c1cccs1. The van der Waals surface area contributed by atoms with E-state index in [4.69, 9.17) is 0 Å². The van der Waals surface area contributed by atoms with Gasteiger partial charge in [0.25, 0.3) is 0 Å². The summed E-state index contributed by atoms with van der Waals surface area (Å²) in [5.41, 5.74) is 0.114. The second-order valence-corrected chi connectivity index (χ2v) is 4.67. The number of hydrogen-bond acceptors (Lipinski definition) is 2. The number of thiophene rings is 1. The van der Waals surface area contributed by atoms with Gasteiger partial charge in [0.05, 0.1) is 0 Å². The summed E-state index contributed by atoms with van der Waals surface area (Å²) in [6.45, 7) is 5.33. The largest absolute Gasteiger partial charge is 0.313 e. The third kappa shape index (κ3) is 3.08. The Morgan fingerprint density at radius 3 is 2.85 bits per heavy atom. The average Bonchev–Trinajstić information content (AvgIpc) is 2.56. The Morgan fingerprint density at radius 2 is 2.31 bits per heavy atom. The Balaban J connectivity index is 2.46. The van der Waals surface area contributed by atoms with E-state index in [1.807, 2.05) is 0 Å². The normalized spacial score (nSPS) is 11.9. The number of alkyl halides is 1. The van der Waals surface area contributed by atoms with Crippen molar-refractivity contribution in [1.82, 2.24) is 5.32 Å². The molecule has 13 heavy (non-hydrogen) atoms. The topological polar surface area (TPSA) is 12.0 Å². The minimum Gasteiger partial charge on any atom is -0.313 e. The van der Waals surface area contributed by atoms with Crippen LogP contribution < -0.4 is 5.32 Å². The van der Waals surface area contributed by atoms with Gasteiger partial charge >= 0.3 is 0 Å². The predicted octanol–water partition coefficient (Wildman–Crippen LogP) is 2.58. The highest BCUT2D eigenvalue weighted by Gasteiger charge is 2.20. The molecule has 1 nitrogen and oxygen atoms in total. The van der Waals surface area contributed by atoms with E-state index in [1.165, 1.54) is 4.88 Å². The molecule has 0 spiro atoms. The molecule has 0 radical (unpaired) electrons. The quantitative estimate of drug-likeness (QED) is 0.722. The Labute approximate surface area is 83.0 Å². The first kappa shape index (κ1) is 10.7. The zero-order valence-electron chi connectivity index (χ0n) is 8.14. The van der Waals surface area contributed by atoms with Crippen molar-refractivity contribution in [3.8, 4) is 0 Å². The lowest BCUT2D eigenvalue weighted by atomic mass is 9.91. The van der Waals surface area contributed by atoms with Gasteiger partial charge < -0.3 is 5.32 Å². The van der Waals surface area contributed by atoms with Crippen LogP contribution in [0.1, 0.15) is 18.7 Å². The second kappa shape index (κ2) is 4.72. The maximum absolute atomic E-state index is 11.9. The smallest absolute Gasteiger partial charge is 0.102 e. The highest BCUT2D eigenvalue weighted by Crippen LogP contribution is 2.26. The predicted molar refractivity (Wildman–Crippen MR) is 56.2 cm³/mol. The molecule has 0 aliphatic rings. The van der Waals surface area contributed by atoms with Crippen LogP contribution in [0.3, 0.4) is 0 Å². The summed E-state index contributed by atoms with van der Waals surface area (Å²) in [7, 11) is 0. The number of hydrogen-bond donors (Lipinski definition) is 1. The zero-order valence-corrected chi connectivity index (χ0v) is 8.96. The molecule has 1 heterocycles. The van der Waals surface area contributed by atoms with E-state index in [0.29, 0.717) is 6.54 Å². The van der Waals surface area contributed by atoms with Crippen molar-refractivity contribution in [2.75, 3.05) is 19.8 Å². The third-order valence-electron chi connectivity index (χ3n) is 2.03. The summed E-state index contributed by atoms with van der Waals surface area (Å²) >= 11 is 1.75. The molecule has 0 atom stereocenters. The van der Waals surface area contributed by atoms with Crippen LogP contribution in [0.5, 0.6) is 0 Å². The monoisotopic (exact) mass is 201 g/mol. The van der Waals surface area contributed by atoms with Crippen molar-refractivity contribution in [1.29, 1.82) is 0 Å². The van der Waals surface area contributed by atoms with E-state index in [1.54, 1.807) is 11.3 Å². The van der Waals surface area contributed by atoms with Crippen LogP contribution in [0.2, 0.25) is 0 Å². The molecule has 0 fully saturated rings. The van der Waals surface area contributed by atoms with Crippen LogP contribution in [0.25, 0.3) is 0 Å². The highest BCUT2D eigenvalue weighted by molar-refractivity contribution is 7.10. The molecule has 1 aromatic rings. The lowest BCUT2D eigenvalue weighted by Crippen LogP contribution is -2.33. The van der Waals surface area contributed by atoms with Crippen LogP contribution in [-0.4, -0.2) is 19.8 Å². The fourth-order valence-electron chi connectivity index (χ4n) is 1.22. The van der Waals surface area contributed by atoms with Gasteiger partial charge in [-0.25, -0.2) is 4.39 Å². The van der Waals surface area contributed by atoms with Gasteiger partial charge in [0.1, 0.15) is 6.67 Å². The van der Waals surface area contributed by atoms with E-state index in [2.05, 4.69) is 36.7 Å². The summed E-state index contributed by atoms with van der Waals surface area (Å²) < 4.78 is 11.9. The third-order valence-corrected chi connectivity index (χ3v) is 3.26. The van der Waals surface area contributed by atoms with Gasteiger partial charge in [-0.1, -0.05) is 19.9 Å². The molecule has 0 saturated heterocycles. The first-order valence-corrected chi connectivity index (χ1v) is 5.35. The molecule has 1 N–H and O–H groups in total. The van der Waals surface area contributed by atoms with Crippen molar-refractivity contribution >= 4 is 11.3 Å². The van der Waals surface area contributed by atoms with E-state index in [9.17, 15) is 4.39 Å². The molecule has 0 saturated carbocycles. The Morgan fingerprint density at radius 1 is 1.54 bits per heavy atom. The minimum absolute atomic E-state index is 0.114. The van der Waals surface area contributed by atoms with Gasteiger partial charge in [0, 0.05) is 23.4 Å². The first-order valence-electron chi connectivity index (χ1n) is 4.47. The van der Waals surface area contributed by atoms with Crippen molar-refractivity contribution in [3.63, 3.8) is 0 Å². The van der Waals surface area contributed by atoms with Crippen LogP contribution in [0.4, 0.5) is 4.39 Å². The lowest BCUT2D eigenvalue weighted by Gasteiger charge is -2.23. The van der Waals surface area contributed by atoms with E-state index in [0.717, 1.165) is 6.54 Å². The Hall–Kier alpha value is -0.410. The molecule has 0 aromatic carbocycles. The molecule has 3 heteroatoms. The van der Waals surface area contributed by atoms with Gasteiger partial charge in [-0.2, -0.15) is 0 Å². The number of nitrogens with one attached hydrogen (secondary N) is 1. The van der Waals surface area contributed by atoms with Gasteiger partial charge in [-0.3, -0.25) is 0 Å². The van der Waals surface area contributed by atoms with Gasteiger partial charge in [-0.15, -0.1) is 11.3 Å². The highest BCUT2D eigenvalue weighted by atomic mass is 32.1. The van der Waals surface area contributed by atoms with Crippen LogP contribution in [0.15, 0.2) is 17.5 Å². The molecule has 1 aromatic heterocycles. The fourth-order valence-corrected chi connectivity index (χ4v) is 2.07. The van der Waals surface area contributed by atoms with Crippen molar-refractivity contribution < 1.29 is 4.39 Å². The summed E-state index contributed by atoms with van der Waals surface area (Å²) in [6.07, 6.45) is 0. The van der Waals surface area contributed by atoms with E-state index >= 15 is 0 Å². The maximum atomic E-state index is 11.9. The van der Waals surface area contributed by atoms with Gasteiger partial charge in [0.2, 0.25) is 0 Å². The van der Waals surface area contributed by atoms with Crippen LogP contribution in [0, 0.1) is 0 Å². The van der Waals surface area contributed by atoms with E-state index < -0.39 is 0 Å². The van der Waals surface area contributed by atoms with E-state index in [-0.39, 0.29) is 12.1 Å². The zero-order chi connectivity index (χ0) is 9.73. The van der Waals surface area contributed by atoms with Crippen LogP contribution in [-0.2, 0) is 5.41 Å². The van der Waals surface area contributed by atoms with Gasteiger partial charge in [0.15, 0.2) is 0 Å². The van der Waals surface area contributed by atoms with Crippen molar-refractivity contribution in [2.24, 2.45) is 0 Å². The molecule has 74 valence electrons. The molecular formula is C10H16FNS. The fraction of sp³-hybridized carbons (Fsp3) is 0.600. The summed E-state index contributed by atoms with van der Waals surface area (Å²) in [4.78, 5) is 1.35. The number of halogens is 1. The molecule has 1 rings (SSSR count). The second-order valence-electron chi connectivity index (χ2n) is 3.73. The van der Waals surface area contributed by atoms with Crippen LogP contribution >= 0.6 is 11.3 Å². The van der Waals surface area contributed by atoms with Crippen molar-refractivity contribution in [3.05, 3.63) is 22.4 Å². The molecular weight excluding hydrogens is 185 g/mol. The standard InChI is InChI=1S/C10H16FNS/c1-10(2,8-12-6-5-11)9-4-3-7-13-9/h3-4,7,12H,5-6,8H2,1-2H3. The average molecular weight is 201 g/mol. The summed E-state index contributed by atoms with van der Waals surface area (Å²) in [6, 6.07) is 4.18. The molecule has 0 unspecified atom stereocenters. The molecule has 0 bridgehead atoms. The molecule has 0 aliphatic carbocycles. The molecule has 0 aliphatic heterocycles. The summed E-state index contributed by atoms with van der Waals surface area (Å²) in [5.74, 6) is 0. The number of rotatable bonds is 5. The maximum Gasteiger partial charge on any atom is 0.102 e. The summed E-state index contributed by atoms with van der Waals surface area (Å²) in [5, 5.41) is 5.17. The Bertz CT molecular complexity index is 231. The van der Waals surface area contributed by atoms with Crippen molar-refractivity contribution in [2.45, 2.75) is 19.3 Å². The lowest BCUT2D eigenvalue weighted by molar-refractivity contribution is 0.425. The minimum atomic E-state index is -0.291. The Kier molecular flexibility index (Phi) is 3.88. The molecule has 0 amide bonds.